The van der Waals surface area contributed by atoms with E-state index in [1.165, 1.54) is 12.1 Å². The molecule has 0 atom stereocenters. The third-order valence-corrected chi connectivity index (χ3v) is 4.11. The van der Waals surface area contributed by atoms with Gasteiger partial charge in [0.05, 0.1) is 5.56 Å². The second-order valence-electron chi connectivity index (χ2n) is 5.68. The van der Waals surface area contributed by atoms with Gasteiger partial charge in [0.25, 0.3) is 0 Å². The maximum atomic E-state index is 12.7. The van der Waals surface area contributed by atoms with Crippen LogP contribution in [0.3, 0.4) is 0 Å². The maximum Gasteiger partial charge on any atom is 0.416 e. The topological polar surface area (TPSA) is 32.9 Å². The highest BCUT2D eigenvalue weighted by Crippen LogP contribution is 2.29. The molecule has 0 amide bonds. The number of H-pyrrole nitrogens is 1. The van der Waals surface area contributed by atoms with Crippen molar-refractivity contribution in [3.8, 4) is 0 Å². The van der Waals surface area contributed by atoms with Crippen molar-refractivity contribution in [3.05, 3.63) is 81.1 Å². The van der Waals surface area contributed by atoms with Crippen molar-refractivity contribution in [1.82, 2.24) is 4.98 Å². The maximum absolute atomic E-state index is 12.7. The molecule has 0 aliphatic rings. The second kappa shape index (κ2) is 6.15. The Bertz CT molecular complexity index is 924. The van der Waals surface area contributed by atoms with Crippen LogP contribution in [0.2, 0.25) is 0 Å². The van der Waals surface area contributed by atoms with E-state index in [-0.39, 0.29) is 5.43 Å². The van der Waals surface area contributed by atoms with Crippen LogP contribution in [-0.4, -0.2) is 4.98 Å². The first-order chi connectivity index (χ1) is 11.4. The summed E-state index contributed by atoms with van der Waals surface area (Å²) in [5, 5.41) is 0.594. The van der Waals surface area contributed by atoms with Crippen LogP contribution in [0.1, 0.15) is 29.3 Å². The van der Waals surface area contributed by atoms with E-state index in [2.05, 4.69) is 4.98 Å². The van der Waals surface area contributed by atoms with E-state index in [4.69, 9.17) is 0 Å². The molecule has 1 N–H and O–H groups in total. The van der Waals surface area contributed by atoms with Crippen LogP contribution in [0.25, 0.3) is 10.9 Å². The summed E-state index contributed by atoms with van der Waals surface area (Å²) in [6.07, 6.45) is -3.40. The quantitative estimate of drug-likeness (QED) is 0.741. The fourth-order valence-electron chi connectivity index (χ4n) is 2.83. The molecular weight excluding hydrogens is 315 g/mol. The van der Waals surface area contributed by atoms with Crippen LogP contribution in [-0.2, 0) is 19.0 Å². The van der Waals surface area contributed by atoms with Crippen molar-refractivity contribution in [2.24, 2.45) is 0 Å². The Hall–Kier alpha value is -2.56. The monoisotopic (exact) mass is 331 g/mol. The van der Waals surface area contributed by atoms with Gasteiger partial charge in [0.2, 0.25) is 0 Å². The van der Waals surface area contributed by atoms with Crippen LogP contribution >= 0.6 is 0 Å². The van der Waals surface area contributed by atoms with Gasteiger partial charge in [0.15, 0.2) is 5.43 Å². The van der Waals surface area contributed by atoms with Crippen molar-refractivity contribution in [2.45, 2.75) is 25.9 Å². The summed E-state index contributed by atoms with van der Waals surface area (Å²) in [6.45, 7) is 1.94. The van der Waals surface area contributed by atoms with E-state index in [1.807, 2.05) is 19.1 Å². The van der Waals surface area contributed by atoms with Gasteiger partial charge >= 0.3 is 6.18 Å². The fraction of sp³-hybridized carbons (Fsp3) is 0.211. The van der Waals surface area contributed by atoms with Crippen LogP contribution in [0.5, 0.6) is 0 Å². The molecule has 0 unspecified atom stereocenters. The second-order valence-corrected chi connectivity index (χ2v) is 5.68. The largest absolute Gasteiger partial charge is 0.416 e. The van der Waals surface area contributed by atoms with Crippen molar-refractivity contribution in [2.75, 3.05) is 0 Å². The van der Waals surface area contributed by atoms with Gasteiger partial charge in [0, 0.05) is 28.6 Å². The van der Waals surface area contributed by atoms with Crippen LogP contribution < -0.4 is 5.43 Å². The molecular formula is C19H16F3NO. The normalized spacial score (nSPS) is 11.8. The molecule has 3 rings (SSSR count). The third-order valence-electron chi connectivity index (χ3n) is 4.11. The van der Waals surface area contributed by atoms with E-state index in [9.17, 15) is 18.0 Å². The number of fused-ring (bicyclic) bond motifs is 1. The average molecular weight is 331 g/mol. The zero-order chi connectivity index (χ0) is 17.3. The standard InChI is InChI=1S/C19H16F3NO/c1-2-16-15(18(24)14-5-3-4-6-17(14)23-16)11-12-7-9-13(10-8-12)19(20,21)22/h3-10H,2,11H2,1H3,(H,23,24). The number of hydrogen-bond acceptors (Lipinski definition) is 1. The molecule has 124 valence electrons. The van der Waals surface area contributed by atoms with E-state index >= 15 is 0 Å². The molecule has 5 heteroatoms. The number of para-hydroxylation sites is 1. The number of aromatic amines is 1. The lowest BCUT2D eigenvalue weighted by molar-refractivity contribution is -0.137. The Morgan fingerprint density at radius 1 is 1.00 bits per heavy atom. The predicted octanol–water partition coefficient (Wildman–Crippen LogP) is 4.70. The fourth-order valence-corrected chi connectivity index (χ4v) is 2.83. The Morgan fingerprint density at radius 3 is 2.29 bits per heavy atom. The highest BCUT2D eigenvalue weighted by Gasteiger charge is 2.29. The summed E-state index contributed by atoms with van der Waals surface area (Å²) in [5.41, 5.74) is 2.12. The molecule has 3 aromatic rings. The molecule has 24 heavy (non-hydrogen) atoms. The summed E-state index contributed by atoms with van der Waals surface area (Å²) in [6, 6.07) is 12.2. The number of pyridine rings is 1. The third kappa shape index (κ3) is 3.07. The molecule has 2 aromatic carbocycles. The smallest absolute Gasteiger partial charge is 0.358 e. The van der Waals surface area contributed by atoms with Gasteiger partial charge in [-0.25, -0.2) is 0 Å². The van der Waals surface area contributed by atoms with Crippen molar-refractivity contribution < 1.29 is 13.2 Å². The van der Waals surface area contributed by atoms with Gasteiger partial charge in [-0.1, -0.05) is 31.2 Å². The molecule has 1 aromatic heterocycles. The van der Waals surface area contributed by atoms with Gasteiger partial charge in [-0.15, -0.1) is 0 Å². The van der Waals surface area contributed by atoms with Gasteiger partial charge in [-0.2, -0.15) is 13.2 Å². The highest BCUT2D eigenvalue weighted by atomic mass is 19.4. The molecule has 0 spiro atoms. The first-order valence-electron chi connectivity index (χ1n) is 7.69. The average Bonchev–Trinajstić information content (AvgIpc) is 2.57. The number of alkyl halides is 3. The number of hydrogen-bond donors (Lipinski definition) is 1. The minimum absolute atomic E-state index is 0.0684. The lowest BCUT2D eigenvalue weighted by Gasteiger charge is -2.11. The van der Waals surface area contributed by atoms with Crippen LogP contribution in [0.4, 0.5) is 13.2 Å². The van der Waals surface area contributed by atoms with Gasteiger partial charge in [-0.3, -0.25) is 4.79 Å². The summed E-state index contributed by atoms with van der Waals surface area (Å²) < 4.78 is 37.9. The summed E-state index contributed by atoms with van der Waals surface area (Å²) in [7, 11) is 0. The molecule has 0 bridgehead atoms. The lowest BCUT2D eigenvalue weighted by atomic mass is 9.99. The number of rotatable bonds is 3. The van der Waals surface area contributed by atoms with Crippen molar-refractivity contribution in [3.63, 3.8) is 0 Å². The summed E-state index contributed by atoms with van der Waals surface area (Å²) in [5.74, 6) is 0. The molecule has 0 aliphatic carbocycles. The minimum Gasteiger partial charge on any atom is -0.358 e. The lowest BCUT2D eigenvalue weighted by Crippen LogP contribution is -2.15. The van der Waals surface area contributed by atoms with E-state index in [1.54, 1.807) is 12.1 Å². The molecule has 0 saturated carbocycles. The Kier molecular flexibility index (Phi) is 4.18. The molecule has 0 fully saturated rings. The Morgan fingerprint density at radius 2 is 1.67 bits per heavy atom. The molecule has 1 heterocycles. The van der Waals surface area contributed by atoms with E-state index in [0.717, 1.165) is 23.3 Å². The number of nitrogens with one attached hydrogen (secondary N) is 1. The molecule has 2 nitrogen and oxygen atoms in total. The van der Waals surface area contributed by atoms with Gasteiger partial charge in [-0.05, 0) is 36.2 Å². The highest BCUT2D eigenvalue weighted by molar-refractivity contribution is 5.79. The van der Waals surface area contributed by atoms with Gasteiger partial charge in [0.1, 0.15) is 0 Å². The number of aryl methyl sites for hydroxylation is 1. The Balaban J connectivity index is 2.03. The summed E-state index contributed by atoms with van der Waals surface area (Å²) >= 11 is 0. The van der Waals surface area contributed by atoms with E-state index < -0.39 is 11.7 Å². The Labute approximate surface area is 137 Å². The van der Waals surface area contributed by atoms with Crippen LogP contribution in [0.15, 0.2) is 53.3 Å². The van der Waals surface area contributed by atoms with E-state index in [0.29, 0.717) is 29.4 Å². The number of halogens is 3. The number of benzene rings is 2. The van der Waals surface area contributed by atoms with Gasteiger partial charge < -0.3 is 4.98 Å². The molecule has 0 radical (unpaired) electrons. The minimum atomic E-state index is -4.35. The SMILES string of the molecule is CCc1[nH]c2ccccc2c(=O)c1Cc1ccc(C(F)(F)F)cc1. The molecule has 0 saturated heterocycles. The first-order valence-corrected chi connectivity index (χ1v) is 7.69. The molecule has 0 aliphatic heterocycles. The zero-order valence-corrected chi connectivity index (χ0v) is 13.1. The first kappa shape index (κ1) is 16.3. The van der Waals surface area contributed by atoms with Crippen molar-refractivity contribution in [1.29, 1.82) is 0 Å². The van der Waals surface area contributed by atoms with Crippen molar-refractivity contribution >= 4 is 10.9 Å². The van der Waals surface area contributed by atoms with Crippen LogP contribution in [0, 0.1) is 0 Å². The number of aromatic nitrogens is 1. The summed E-state index contributed by atoms with van der Waals surface area (Å²) in [4.78, 5) is 16.0. The predicted molar refractivity (Wildman–Crippen MR) is 88.2 cm³/mol. The zero-order valence-electron chi connectivity index (χ0n) is 13.1.